The molecule has 0 bridgehead atoms. The summed E-state index contributed by atoms with van der Waals surface area (Å²) in [5.41, 5.74) is 4.12. The van der Waals surface area contributed by atoms with E-state index in [1.165, 1.54) is 5.56 Å². The third-order valence-corrected chi connectivity index (χ3v) is 4.30. The lowest BCUT2D eigenvalue weighted by atomic mass is 9.93. The van der Waals surface area contributed by atoms with Crippen LogP contribution in [0, 0.1) is 4.91 Å². The van der Waals surface area contributed by atoms with E-state index in [1.54, 1.807) is 19.5 Å². The Balaban J connectivity index is 1.81. The van der Waals surface area contributed by atoms with Crippen LogP contribution in [0.15, 0.2) is 78.2 Å². The zero-order chi connectivity index (χ0) is 17.5. The number of hydrogen-bond acceptors (Lipinski definition) is 4. The molecule has 0 aliphatic heterocycles. The first kappa shape index (κ1) is 16.8. The first-order chi connectivity index (χ1) is 12.3. The molecule has 0 saturated carbocycles. The van der Waals surface area contributed by atoms with Crippen LogP contribution < -0.4 is 4.74 Å². The molecule has 25 heavy (non-hydrogen) atoms. The van der Waals surface area contributed by atoms with Gasteiger partial charge in [-0.2, -0.15) is 0 Å². The van der Waals surface area contributed by atoms with Crippen molar-refractivity contribution in [1.82, 2.24) is 4.98 Å². The standard InChI is InChI=1S/C21H20N2O2/c1-25-19-12-9-16(10-13-19)8-11-17-5-2-3-7-20(17)21(23-24)18-6-4-14-22-15-18/h2-7,9-10,12-15,21H,8,11H2,1H3. The Morgan fingerprint density at radius 2 is 1.80 bits per heavy atom. The van der Waals surface area contributed by atoms with Crippen LogP contribution in [-0.4, -0.2) is 12.1 Å². The second-order valence-electron chi connectivity index (χ2n) is 5.84. The molecule has 1 unspecified atom stereocenters. The van der Waals surface area contributed by atoms with E-state index < -0.39 is 6.04 Å². The van der Waals surface area contributed by atoms with Crippen molar-refractivity contribution in [2.45, 2.75) is 18.9 Å². The topological polar surface area (TPSA) is 51.5 Å². The van der Waals surface area contributed by atoms with Crippen molar-refractivity contribution < 1.29 is 4.74 Å². The van der Waals surface area contributed by atoms with Crippen molar-refractivity contribution >= 4 is 0 Å². The number of benzene rings is 2. The van der Waals surface area contributed by atoms with E-state index in [0.717, 1.165) is 35.3 Å². The minimum atomic E-state index is -0.527. The van der Waals surface area contributed by atoms with Gasteiger partial charge in [-0.1, -0.05) is 47.6 Å². The van der Waals surface area contributed by atoms with Crippen molar-refractivity contribution in [2.75, 3.05) is 7.11 Å². The maximum Gasteiger partial charge on any atom is 0.144 e. The highest BCUT2D eigenvalue weighted by atomic mass is 16.5. The van der Waals surface area contributed by atoms with Gasteiger partial charge >= 0.3 is 0 Å². The summed E-state index contributed by atoms with van der Waals surface area (Å²) in [7, 11) is 1.66. The Hall–Kier alpha value is -3.01. The van der Waals surface area contributed by atoms with E-state index in [2.05, 4.69) is 28.4 Å². The molecule has 0 amide bonds. The molecule has 126 valence electrons. The summed E-state index contributed by atoms with van der Waals surface area (Å²) < 4.78 is 5.19. The number of pyridine rings is 1. The van der Waals surface area contributed by atoms with Gasteiger partial charge in [0.25, 0.3) is 0 Å². The van der Waals surface area contributed by atoms with E-state index in [9.17, 15) is 4.91 Å². The van der Waals surface area contributed by atoms with E-state index in [-0.39, 0.29) is 0 Å². The monoisotopic (exact) mass is 332 g/mol. The van der Waals surface area contributed by atoms with Crippen LogP contribution in [0.2, 0.25) is 0 Å². The zero-order valence-corrected chi connectivity index (χ0v) is 14.1. The molecule has 3 rings (SSSR count). The van der Waals surface area contributed by atoms with Crippen molar-refractivity contribution in [3.63, 3.8) is 0 Å². The van der Waals surface area contributed by atoms with Gasteiger partial charge in [-0.15, -0.1) is 4.91 Å². The van der Waals surface area contributed by atoms with Gasteiger partial charge in [-0.25, -0.2) is 0 Å². The van der Waals surface area contributed by atoms with E-state index >= 15 is 0 Å². The first-order valence-corrected chi connectivity index (χ1v) is 8.25. The van der Waals surface area contributed by atoms with Crippen molar-refractivity contribution in [3.8, 4) is 5.75 Å². The quantitative estimate of drug-likeness (QED) is 0.588. The predicted octanol–water partition coefficient (Wildman–Crippen LogP) is 4.73. The maximum atomic E-state index is 11.5. The Morgan fingerprint density at radius 1 is 1.00 bits per heavy atom. The highest BCUT2D eigenvalue weighted by Gasteiger charge is 2.18. The van der Waals surface area contributed by atoms with Crippen molar-refractivity contribution in [3.05, 3.63) is 100 Å². The highest BCUT2D eigenvalue weighted by molar-refractivity contribution is 5.37. The molecular weight excluding hydrogens is 312 g/mol. The van der Waals surface area contributed by atoms with E-state index in [1.807, 2.05) is 42.5 Å². The molecule has 4 nitrogen and oxygen atoms in total. The summed E-state index contributed by atoms with van der Waals surface area (Å²) in [5.74, 6) is 0.853. The number of rotatable bonds is 7. The molecule has 0 spiro atoms. The molecule has 0 fully saturated rings. The van der Waals surface area contributed by atoms with Crippen LogP contribution in [0.1, 0.15) is 28.3 Å². The smallest absolute Gasteiger partial charge is 0.144 e. The Morgan fingerprint density at radius 3 is 2.48 bits per heavy atom. The van der Waals surface area contributed by atoms with Gasteiger partial charge in [0.2, 0.25) is 0 Å². The highest BCUT2D eigenvalue weighted by Crippen LogP contribution is 2.29. The fraction of sp³-hybridized carbons (Fsp3) is 0.190. The fourth-order valence-electron chi connectivity index (χ4n) is 2.93. The molecule has 1 heterocycles. The minimum Gasteiger partial charge on any atom is -0.497 e. The number of nitrogens with zero attached hydrogens (tertiary/aromatic N) is 2. The lowest BCUT2D eigenvalue weighted by Gasteiger charge is -2.14. The number of methoxy groups -OCH3 is 1. The number of aromatic nitrogens is 1. The van der Waals surface area contributed by atoms with E-state index in [0.29, 0.717) is 0 Å². The van der Waals surface area contributed by atoms with Gasteiger partial charge in [-0.3, -0.25) is 4.98 Å². The molecular formula is C21H20N2O2. The second kappa shape index (κ2) is 8.20. The van der Waals surface area contributed by atoms with Gasteiger partial charge in [0.1, 0.15) is 11.8 Å². The second-order valence-corrected chi connectivity index (χ2v) is 5.84. The molecule has 0 aliphatic carbocycles. The summed E-state index contributed by atoms with van der Waals surface area (Å²) >= 11 is 0. The van der Waals surface area contributed by atoms with Gasteiger partial charge in [-0.05, 0) is 47.7 Å². The number of hydrogen-bond donors (Lipinski definition) is 0. The largest absolute Gasteiger partial charge is 0.497 e. The number of aryl methyl sites for hydroxylation is 2. The lowest BCUT2D eigenvalue weighted by Crippen LogP contribution is -2.04. The van der Waals surface area contributed by atoms with Crippen LogP contribution in [0.5, 0.6) is 5.75 Å². The third kappa shape index (κ3) is 4.10. The normalized spacial score (nSPS) is 11.7. The SMILES string of the molecule is COc1ccc(CCc2ccccc2C(N=O)c2cccnc2)cc1. The number of ether oxygens (including phenoxy) is 1. The maximum absolute atomic E-state index is 11.5. The predicted molar refractivity (Wildman–Crippen MR) is 98.7 cm³/mol. The Labute approximate surface area is 147 Å². The van der Waals surface area contributed by atoms with Gasteiger partial charge in [0.05, 0.1) is 7.11 Å². The third-order valence-electron chi connectivity index (χ3n) is 4.30. The molecule has 3 aromatic rings. The van der Waals surface area contributed by atoms with Gasteiger partial charge < -0.3 is 4.74 Å². The molecule has 0 N–H and O–H groups in total. The van der Waals surface area contributed by atoms with Crippen LogP contribution >= 0.6 is 0 Å². The molecule has 0 saturated heterocycles. The lowest BCUT2D eigenvalue weighted by molar-refractivity contribution is 0.414. The summed E-state index contributed by atoms with van der Waals surface area (Å²) in [6.45, 7) is 0. The molecule has 4 heteroatoms. The molecule has 1 atom stereocenters. The van der Waals surface area contributed by atoms with Crippen LogP contribution in [0.3, 0.4) is 0 Å². The van der Waals surface area contributed by atoms with Crippen LogP contribution in [0.25, 0.3) is 0 Å². The van der Waals surface area contributed by atoms with Crippen LogP contribution in [-0.2, 0) is 12.8 Å². The molecule has 1 aromatic heterocycles. The van der Waals surface area contributed by atoms with Crippen molar-refractivity contribution in [1.29, 1.82) is 0 Å². The van der Waals surface area contributed by atoms with Crippen molar-refractivity contribution in [2.24, 2.45) is 5.18 Å². The summed E-state index contributed by atoms with van der Waals surface area (Å²) in [5, 5.41) is 3.36. The van der Waals surface area contributed by atoms with Crippen LogP contribution in [0.4, 0.5) is 0 Å². The Kier molecular flexibility index (Phi) is 5.52. The average Bonchev–Trinajstić information content (AvgIpc) is 2.69. The fourth-order valence-corrected chi connectivity index (χ4v) is 2.93. The first-order valence-electron chi connectivity index (χ1n) is 8.25. The summed E-state index contributed by atoms with van der Waals surface area (Å²) in [4.78, 5) is 15.6. The minimum absolute atomic E-state index is 0.527. The number of nitroso groups, excluding NO2 is 1. The molecule has 0 aliphatic rings. The van der Waals surface area contributed by atoms with E-state index in [4.69, 9.17) is 4.74 Å². The zero-order valence-electron chi connectivity index (χ0n) is 14.1. The Bertz CT molecular complexity index is 817. The summed E-state index contributed by atoms with van der Waals surface area (Å²) in [6, 6.07) is 19.2. The van der Waals surface area contributed by atoms with Gasteiger partial charge in [0.15, 0.2) is 0 Å². The molecule has 0 radical (unpaired) electrons. The summed E-state index contributed by atoms with van der Waals surface area (Å²) in [6.07, 6.45) is 5.13. The average molecular weight is 332 g/mol. The van der Waals surface area contributed by atoms with Gasteiger partial charge in [0, 0.05) is 18.0 Å². The molecule has 2 aromatic carbocycles.